The summed E-state index contributed by atoms with van der Waals surface area (Å²) in [5.41, 5.74) is -0.210. The summed E-state index contributed by atoms with van der Waals surface area (Å²) >= 11 is 5.14. The van der Waals surface area contributed by atoms with E-state index in [2.05, 4.69) is 4.98 Å². The molecule has 1 aromatic carbocycles. The Kier molecular flexibility index (Phi) is 10.3. The van der Waals surface area contributed by atoms with Crippen molar-refractivity contribution in [2.24, 2.45) is 0 Å². The summed E-state index contributed by atoms with van der Waals surface area (Å²) in [5.74, 6) is -4.09. The predicted molar refractivity (Wildman–Crippen MR) is 136 cm³/mol. The Labute approximate surface area is 237 Å². The van der Waals surface area contributed by atoms with E-state index in [4.69, 9.17) is 45.4 Å². The molecule has 0 aliphatic carbocycles. The number of nitro benzene ring substituents is 1. The molecular formula is C24H25N3O13S. The van der Waals surface area contributed by atoms with Crippen LogP contribution in [-0.2, 0) is 54.2 Å². The first-order valence-corrected chi connectivity index (χ1v) is 12.2. The van der Waals surface area contributed by atoms with Crippen LogP contribution in [0.3, 0.4) is 0 Å². The summed E-state index contributed by atoms with van der Waals surface area (Å²) in [6.07, 6.45) is -3.93. The van der Waals surface area contributed by atoms with Crippen molar-refractivity contribution in [3.63, 3.8) is 0 Å². The molecule has 1 aliphatic rings. The Morgan fingerprint density at radius 2 is 1.68 bits per heavy atom. The number of aromatic nitrogens is 2. The third kappa shape index (κ3) is 7.95. The van der Waals surface area contributed by atoms with Crippen molar-refractivity contribution in [3.05, 3.63) is 52.6 Å². The summed E-state index contributed by atoms with van der Waals surface area (Å²) in [6, 6.07) is 3.81. The molecule has 0 unspecified atom stereocenters. The van der Waals surface area contributed by atoms with Gasteiger partial charge in [-0.3, -0.25) is 29.1 Å². The lowest BCUT2D eigenvalue weighted by Gasteiger charge is -2.42. The molecule has 0 saturated carbocycles. The van der Waals surface area contributed by atoms with Crippen molar-refractivity contribution >= 4 is 47.0 Å². The predicted octanol–water partition coefficient (Wildman–Crippen LogP) is 1.21. The van der Waals surface area contributed by atoms with Crippen LogP contribution < -0.4 is 4.74 Å². The van der Waals surface area contributed by atoms with Crippen LogP contribution in [0.25, 0.3) is 0 Å². The second-order valence-corrected chi connectivity index (χ2v) is 8.72. The number of carbonyl (C=O) groups is 4. The second kappa shape index (κ2) is 13.6. The fourth-order valence-electron chi connectivity index (χ4n) is 3.78. The Morgan fingerprint density at radius 3 is 2.24 bits per heavy atom. The lowest BCUT2D eigenvalue weighted by Crippen LogP contribution is -2.64. The van der Waals surface area contributed by atoms with Crippen molar-refractivity contribution in [2.75, 3.05) is 7.11 Å². The molecule has 5 atom stereocenters. The molecular weight excluding hydrogens is 570 g/mol. The third-order valence-electron chi connectivity index (χ3n) is 5.38. The molecule has 2 aromatic rings. The SMILES string of the molecule is COC(=O)[C@H]1O[C@@H](Oc2ccc(COC(=S)n3ccnc3)cc2[N+](=O)[O-])[C@H](OC(C)=O)[C@@H](OC(C)=O)[C@@H]1OC(C)=O. The molecule has 0 spiro atoms. The number of carbonyl (C=O) groups excluding carboxylic acids is 4. The van der Waals surface area contributed by atoms with Crippen molar-refractivity contribution in [2.45, 2.75) is 58.1 Å². The Balaban J connectivity index is 1.96. The number of benzene rings is 1. The normalized spacial score (nSPS) is 21.6. The molecule has 1 aliphatic heterocycles. The zero-order valence-electron chi connectivity index (χ0n) is 22.1. The van der Waals surface area contributed by atoms with E-state index in [-0.39, 0.29) is 17.5 Å². The monoisotopic (exact) mass is 595 g/mol. The summed E-state index contributed by atoms with van der Waals surface area (Å²) in [5, 5.41) is 12.0. The molecule has 0 amide bonds. The van der Waals surface area contributed by atoms with E-state index in [0.717, 1.165) is 33.9 Å². The van der Waals surface area contributed by atoms with Gasteiger partial charge in [-0.2, -0.15) is 0 Å². The number of rotatable bonds is 9. The first kappa shape index (κ1) is 30.9. The van der Waals surface area contributed by atoms with Crippen molar-refractivity contribution in [1.29, 1.82) is 0 Å². The number of ether oxygens (including phenoxy) is 7. The zero-order chi connectivity index (χ0) is 30.3. The molecule has 1 fully saturated rings. The number of nitrogens with zero attached hydrogens (tertiary/aromatic N) is 3. The lowest BCUT2D eigenvalue weighted by molar-refractivity contribution is -0.387. The maximum Gasteiger partial charge on any atom is 0.339 e. The minimum Gasteiger partial charge on any atom is -0.467 e. The maximum atomic E-state index is 12.6. The highest BCUT2D eigenvalue weighted by Gasteiger charge is 2.56. The van der Waals surface area contributed by atoms with Crippen molar-refractivity contribution in [3.8, 4) is 5.75 Å². The Morgan fingerprint density at radius 1 is 1.05 bits per heavy atom. The van der Waals surface area contributed by atoms with E-state index >= 15 is 0 Å². The van der Waals surface area contributed by atoms with Crippen LogP contribution in [0.1, 0.15) is 26.3 Å². The summed E-state index contributed by atoms with van der Waals surface area (Å²) < 4.78 is 38.7. The summed E-state index contributed by atoms with van der Waals surface area (Å²) in [4.78, 5) is 63.3. The minimum absolute atomic E-state index is 0.0537. The van der Waals surface area contributed by atoms with Gasteiger partial charge in [0.25, 0.3) is 5.17 Å². The Bertz CT molecular complexity index is 1320. The number of nitro groups is 1. The van der Waals surface area contributed by atoms with E-state index in [1.165, 1.54) is 29.2 Å². The number of esters is 4. The van der Waals surface area contributed by atoms with Gasteiger partial charge in [0.2, 0.25) is 12.4 Å². The van der Waals surface area contributed by atoms with E-state index in [1.807, 2.05) is 0 Å². The number of thiocarbonyl (C=S) groups is 1. The molecule has 0 N–H and O–H groups in total. The van der Waals surface area contributed by atoms with E-state index in [9.17, 15) is 29.3 Å². The molecule has 1 aromatic heterocycles. The standard InChI is InChI=1S/C24H25N3O13S/c1-12(28)36-18-19(37-13(2)29)21(38-14(3)30)23(40-20(18)22(31)34-4)39-17-6-5-15(9-16(17)27(32)33)10-35-24(41)26-8-7-25-11-26/h5-9,11,18-21,23H,10H2,1-4H3/t18-,19-,20-,21+,23+/m0/s1. The highest BCUT2D eigenvalue weighted by atomic mass is 32.1. The number of imidazole rings is 1. The summed E-state index contributed by atoms with van der Waals surface area (Å²) in [6.45, 7) is 2.94. The Hall–Kier alpha value is -4.64. The number of hydrogen-bond donors (Lipinski definition) is 0. The van der Waals surface area contributed by atoms with Gasteiger partial charge in [0.15, 0.2) is 24.1 Å². The van der Waals surface area contributed by atoms with Gasteiger partial charge in [0.1, 0.15) is 12.9 Å². The van der Waals surface area contributed by atoms with Gasteiger partial charge in [0, 0.05) is 39.2 Å². The lowest BCUT2D eigenvalue weighted by atomic mass is 9.97. The van der Waals surface area contributed by atoms with Crippen LogP contribution in [0.5, 0.6) is 5.75 Å². The highest BCUT2D eigenvalue weighted by molar-refractivity contribution is 7.80. The molecule has 41 heavy (non-hydrogen) atoms. The average Bonchev–Trinajstić information content (AvgIpc) is 3.45. The fraction of sp³-hybridized carbons (Fsp3) is 0.417. The quantitative estimate of drug-likeness (QED) is 0.132. The van der Waals surface area contributed by atoms with Crippen LogP contribution in [0.4, 0.5) is 5.69 Å². The topological polar surface area (TPSA) is 194 Å². The zero-order valence-corrected chi connectivity index (χ0v) is 22.9. The van der Waals surface area contributed by atoms with Gasteiger partial charge in [-0.25, -0.2) is 9.78 Å². The highest BCUT2D eigenvalue weighted by Crippen LogP contribution is 2.35. The molecule has 3 rings (SSSR count). The number of methoxy groups -OCH3 is 1. The van der Waals surface area contributed by atoms with Crippen molar-refractivity contribution in [1.82, 2.24) is 9.55 Å². The molecule has 2 heterocycles. The smallest absolute Gasteiger partial charge is 0.339 e. The third-order valence-corrected chi connectivity index (χ3v) is 5.70. The van der Waals surface area contributed by atoms with Crippen LogP contribution in [0, 0.1) is 10.1 Å². The van der Waals surface area contributed by atoms with Gasteiger partial charge in [-0.1, -0.05) is 6.07 Å². The van der Waals surface area contributed by atoms with Gasteiger partial charge >= 0.3 is 29.6 Å². The second-order valence-electron chi connectivity index (χ2n) is 8.37. The van der Waals surface area contributed by atoms with E-state index in [0.29, 0.717) is 5.56 Å². The first-order chi connectivity index (χ1) is 19.4. The van der Waals surface area contributed by atoms with Gasteiger partial charge < -0.3 is 33.2 Å². The summed E-state index contributed by atoms with van der Waals surface area (Å²) in [7, 11) is 1.02. The van der Waals surface area contributed by atoms with Crippen molar-refractivity contribution < 1.29 is 57.3 Å². The molecule has 0 radical (unpaired) electrons. The number of hydrogen-bond acceptors (Lipinski definition) is 15. The van der Waals surface area contributed by atoms with Crippen LogP contribution in [0.15, 0.2) is 36.9 Å². The van der Waals surface area contributed by atoms with Gasteiger partial charge in [-0.15, -0.1) is 0 Å². The van der Waals surface area contributed by atoms with Crippen LogP contribution in [-0.4, -0.2) is 81.3 Å². The van der Waals surface area contributed by atoms with E-state index in [1.54, 1.807) is 6.20 Å². The molecule has 16 nitrogen and oxygen atoms in total. The van der Waals surface area contributed by atoms with Crippen LogP contribution >= 0.6 is 12.2 Å². The minimum atomic E-state index is -1.77. The molecule has 1 saturated heterocycles. The molecule has 220 valence electrons. The molecule has 0 bridgehead atoms. The fourth-order valence-corrected chi connectivity index (χ4v) is 3.95. The molecule has 17 heteroatoms. The maximum absolute atomic E-state index is 12.6. The van der Waals surface area contributed by atoms with Gasteiger partial charge in [0.05, 0.1) is 12.0 Å². The first-order valence-electron chi connectivity index (χ1n) is 11.7. The van der Waals surface area contributed by atoms with Crippen LogP contribution in [0.2, 0.25) is 0 Å². The average molecular weight is 596 g/mol. The van der Waals surface area contributed by atoms with Gasteiger partial charge in [-0.05, 0) is 23.8 Å². The largest absolute Gasteiger partial charge is 0.467 e. The van der Waals surface area contributed by atoms with E-state index < -0.39 is 65.2 Å².